The highest BCUT2D eigenvalue weighted by Gasteiger charge is 2.30. The zero-order valence-electron chi connectivity index (χ0n) is 9.79. The molecule has 0 aromatic carbocycles. The van der Waals surface area contributed by atoms with Gasteiger partial charge in [0.15, 0.2) is 0 Å². The number of nitrogens with zero attached hydrogens (tertiary/aromatic N) is 1. The first kappa shape index (κ1) is 10.4. The molecule has 0 aromatic heterocycles. The van der Waals surface area contributed by atoms with E-state index in [1.165, 1.54) is 32.4 Å². The van der Waals surface area contributed by atoms with Gasteiger partial charge in [-0.25, -0.2) is 0 Å². The van der Waals surface area contributed by atoms with Crippen molar-refractivity contribution in [2.24, 2.45) is 5.92 Å². The van der Waals surface area contributed by atoms with Crippen molar-refractivity contribution >= 4 is 0 Å². The van der Waals surface area contributed by atoms with Crippen LogP contribution in [-0.4, -0.2) is 36.1 Å². The van der Waals surface area contributed by atoms with Crippen LogP contribution in [0.5, 0.6) is 0 Å². The van der Waals surface area contributed by atoms with Crippen molar-refractivity contribution < 1.29 is 0 Å². The predicted octanol–water partition coefficient (Wildman–Crippen LogP) is 1.86. The molecule has 2 fully saturated rings. The normalized spacial score (nSPS) is 39.0. The molecule has 82 valence electrons. The lowest BCUT2D eigenvalue weighted by atomic mass is 9.81. The van der Waals surface area contributed by atoms with Gasteiger partial charge in [0.25, 0.3) is 0 Å². The molecular weight excluding hydrogens is 172 g/mol. The summed E-state index contributed by atoms with van der Waals surface area (Å²) < 4.78 is 0. The molecule has 1 saturated heterocycles. The molecular formula is C12H24N2. The van der Waals surface area contributed by atoms with Crippen LogP contribution in [0.4, 0.5) is 0 Å². The molecule has 2 aliphatic rings. The summed E-state index contributed by atoms with van der Waals surface area (Å²) in [5.74, 6) is 0.968. The van der Waals surface area contributed by atoms with Crippen LogP contribution < -0.4 is 5.32 Å². The fraction of sp³-hybridized carbons (Fsp3) is 1.00. The molecule has 2 nitrogen and oxygen atoms in total. The molecule has 1 N–H and O–H groups in total. The molecule has 0 aromatic rings. The van der Waals surface area contributed by atoms with E-state index < -0.39 is 0 Å². The van der Waals surface area contributed by atoms with Crippen LogP contribution in [0.3, 0.4) is 0 Å². The topological polar surface area (TPSA) is 15.3 Å². The quantitative estimate of drug-likeness (QED) is 0.741. The summed E-state index contributed by atoms with van der Waals surface area (Å²) in [5.41, 5.74) is 0. The standard InChI is InChI=1S/C12H24N2/c1-9(2)14-5-4-11(8-14)13-12-6-10(3)7-12/h9-13H,4-8H2,1-3H3. The van der Waals surface area contributed by atoms with E-state index in [4.69, 9.17) is 0 Å². The average Bonchev–Trinajstić information content (AvgIpc) is 2.50. The van der Waals surface area contributed by atoms with Gasteiger partial charge in [0.2, 0.25) is 0 Å². The van der Waals surface area contributed by atoms with Gasteiger partial charge in [0.05, 0.1) is 0 Å². The van der Waals surface area contributed by atoms with Crippen LogP contribution in [-0.2, 0) is 0 Å². The van der Waals surface area contributed by atoms with Gasteiger partial charge in [-0.1, -0.05) is 6.92 Å². The molecule has 0 radical (unpaired) electrons. The molecule has 1 atom stereocenters. The molecule has 2 rings (SSSR count). The lowest BCUT2D eigenvalue weighted by molar-refractivity contribution is 0.213. The second-order valence-electron chi connectivity index (χ2n) is 5.51. The van der Waals surface area contributed by atoms with E-state index in [9.17, 15) is 0 Å². The zero-order valence-corrected chi connectivity index (χ0v) is 9.79. The minimum Gasteiger partial charge on any atom is -0.310 e. The van der Waals surface area contributed by atoms with Gasteiger partial charge in [-0.3, -0.25) is 4.90 Å². The van der Waals surface area contributed by atoms with Gasteiger partial charge in [-0.2, -0.15) is 0 Å². The van der Waals surface area contributed by atoms with Gasteiger partial charge >= 0.3 is 0 Å². The first-order chi connectivity index (χ1) is 6.65. The van der Waals surface area contributed by atoms with Gasteiger partial charge in [-0.05, 0) is 45.6 Å². The van der Waals surface area contributed by atoms with E-state index in [1.54, 1.807) is 0 Å². The van der Waals surface area contributed by atoms with E-state index >= 15 is 0 Å². The molecule has 0 amide bonds. The first-order valence-electron chi connectivity index (χ1n) is 6.15. The molecule has 14 heavy (non-hydrogen) atoms. The number of rotatable bonds is 3. The van der Waals surface area contributed by atoms with Gasteiger partial charge in [0, 0.05) is 24.7 Å². The van der Waals surface area contributed by atoms with Crippen molar-refractivity contribution in [3.05, 3.63) is 0 Å². The summed E-state index contributed by atoms with van der Waals surface area (Å²) in [7, 11) is 0. The second-order valence-corrected chi connectivity index (χ2v) is 5.51. The van der Waals surface area contributed by atoms with E-state index in [0.717, 1.165) is 24.0 Å². The minimum atomic E-state index is 0.724. The minimum absolute atomic E-state index is 0.724. The summed E-state index contributed by atoms with van der Waals surface area (Å²) in [5, 5.41) is 3.79. The highest BCUT2D eigenvalue weighted by atomic mass is 15.2. The Balaban J connectivity index is 1.69. The fourth-order valence-electron chi connectivity index (χ4n) is 2.76. The van der Waals surface area contributed by atoms with Crippen molar-refractivity contribution in [1.29, 1.82) is 0 Å². The number of nitrogens with one attached hydrogen (secondary N) is 1. The summed E-state index contributed by atoms with van der Waals surface area (Å²) in [6, 6.07) is 2.33. The second kappa shape index (κ2) is 4.19. The Kier molecular flexibility index (Phi) is 3.13. The summed E-state index contributed by atoms with van der Waals surface area (Å²) in [6.45, 7) is 9.51. The third-order valence-electron chi connectivity index (χ3n) is 3.80. The molecule has 2 heteroatoms. The van der Waals surface area contributed by atoms with Gasteiger partial charge in [0.1, 0.15) is 0 Å². The van der Waals surface area contributed by atoms with Crippen molar-refractivity contribution in [3.63, 3.8) is 0 Å². The van der Waals surface area contributed by atoms with Crippen LogP contribution in [0.2, 0.25) is 0 Å². The Morgan fingerprint density at radius 2 is 1.93 bits per heavy atom. The molecule has 1 saturated carbocycles. The molecule has 0 bridgehead atoms. The smallest absolute Gasteiger partial charge is 0.0209 e. The van der Waals surface area contributed by atoms with Gasteiger partial charge < -0.3 is 5.32 Å². The van der Waals surface area contributed by atoms with E-state index in [-0.39, 0.29) is 0 Å². The Morgan fingerprint density at radius 1 is 1.21 bits per heavy atom. The van der Waals surface area contributed by atoms with Crippen molar-refractivity contribution in [2.75, 3.05) is 13.1 Å². The molecule has 1 heterocycles. The molecule has 1 aliphatic heterocycles. The van der Waals surface area contributed by atoms with Crippen LogP contribution >= 0.6 is 0 Å². The third-order valence-corrected chi connectivity index (χ3v) is 3.80. The first-order valence-corrected chi connectivity index (χ1v) is 6.15. The molecule has 0 spiro atoms. The van der Waals surface area contributed by atoms with Crippen LogP contribution in [0.1, 0.15) is 40.0 Å². The number of likely N-dealkylation sites (tertiary alicyclic amines) is 1. The maximum absolute atomic E-state index is 3.79. The van der Waals surface area contributed by atoms with E-state index in [0.29, 0.717) is 0 Å². The monoisotopic (exact) mass is 196 g/mol. The highest BCUT2D eigenvalue weighted by molar-refractivity contribution is 4.89. The number of hydrogen-bond donors (Lipinski definition) is 1. The number of hydrogen-bond acceptors (Lipinski definition) is 2. The van der Waals surface area contributed by atoms with Crippen molar-refractivity contribution in [1.82, 2.24) is 10.2 Å². The SMILES string of the molecule is CC1CC(NC2CCN(C(C)C)C2)C1. The summed E-state index contributed by atoms with van der Waals surface area (Å²) >= 11 is 0. The van der Waals surface area contributed by atoms with E-state index in [2.05, 4.69) is 31.0 Å². The predicted molar refractivity (Wildman–Crippen MR) is 60.4 cm³/mol. The van der Waals surface area contributed by atoms with Crippen LogP contribution in [0.15, 0.2) is 0 Å². The Bertz CT molecular complexity index is 185. The Labute approximate surface area is 88.1 Å². The van der Waals surface area contributed by atoms with Gasteiger partial charge in [-0.15, -0.1) is 0 Å². The van der Waals surface area contributed by atoms with Crippen molar-refractivity contribution in [2.45, 2.75) is 58.2 Å². The lowest BCUT2D eigenvalue weighted by Crippen LogP contribution is -2.46. The third kappa shape index (κ3) is 2.29. The largest absolute Gasteiger partial charge is 0.310 e. The summed E-state index contributed by atoms with van der Waals surface area (Å²) in [4.78, 5) is 2.58. The van der Waals surface area contributed by atoms with Crippen molar-refractivity contribution in [3.8, 4) is 0 Å². The van der Waals surface area contributed by atoms with Crippen LogP contribution in [0, 0.1) is 5.92 Å². The van der Waals surface area contributed by atoms with Crippen LogP contribution in [0.25, 0.3) is 0 Å². The molecule has 1 unspecified atom stereocenters. The van der Waals surface area contributed by atoms with E-state index in [1.807, 2.05) is 0 Å². The zero-order chi connectivity index (χ0) is 10.1. The molecule has 1 aliphatic carbocycles. The average molecular weight is 196 g/mol. The maximum atomic E-state index is 3.79. The highest BCUT2D eigenvalue weighted by Crippen LogP contribution is 2.27. The maximum Gasteiger partial charge on any atom is 0.0209 e. The summed E-state index contributed by atoms with van der Waals surface area (Å²) in [6.07, 6.45) is 4.15. The Morgan fingerprint density at radius 3 is 2.43 bits per heavy atom. The fourth-order valence-corrected chi connectivity index (χ4v) is 2.76. The Hall–Kier alpha value is -0.0800. The lowest BCUT2D eigenvalue weighted by Gasteiger charge is -2.35.